The summed E-state index contributed by atoms with van der Waals surface area (Å²) in [4.78, 5) is 26.9. The van der Waals surface area contributed by atoms with Crippen molar-refractivity contribution in [3.8, 4) is 0 Å². The van der Waals surface area contributed by atoms with Crippen LogP contribution >= 0.6 is 11.5 Å². The number of piperidine rings is 1. The summed E-state index contributed by atoms with van der Waals surface area (Å²) in [7, 11) is 0. The zero-order valence-electron chi connectivity index (χ0n) is 15.1. The number of nitrogens with one attached hydrogen (secondary N) is 1. The molecule has 6 nitrogen and oxygen atoms in total. The van der Waals surface area contributed by atoms with Crippen molar-refractivity contribution < 1.29 is 22.8 Å². The molecule has 1 saturated heterocycles. The number of amides is 2. The van der Waals surface area contributed by atoms with E-state index in [4.69, 9.17) is 0 Å². The van der Waals surface area contributed by atoms with Gasteiger partial charge in [-0.05, 0) is 55.4 Å². The first kappa shape index (κ1) is 20.2. The van der Waals surface area contributed by atoms with Gasteiger partial charge in [0.2, 0.25) is 0 Å². The minimum absolute atomic E-state index is 0.0180. The molecule has 10 heteroatoms. The summed E-state index contributed by atoms with van der Waals surface area (Å²) >= 11 is 1.08. The number of likely N-dealkylation sites (tertiary alicyclic amines) is 1. The highest BCUT2D eigenvalue weighted by Gasteiger charge is 2.31. The molecule has 0 spiro atoms. The number of alkyl halides is 3. The lowest BCUT2D eigenvalue weighted by molar-refractivity contribution is -0.137. The Kier molecular flexibility index (Phi) is 5.97. The van der Waals surface area contributed by atoms with Crippen molar-refractivity contribution in [1.29, 1.82) is 0 Å². The summed E-state index contributed by atoms with van der Waals surface area (Å²) in [6, 6.07) is 4.36. The summed E-state index contributed by atoms with van der Waals surface area (Å²) in [6.07, 6.45) is -3.07. The van der Waals surface area contributed by atoms with Gasteiger partial charge < -0.3 is 10.2 Å². The highest BCUT2D eigenvalue weighted by atomic mass is 32.1. The fourth-order valence-electron chi connectivity index (χ4n) is 3.09. The number of halogens is 3. The van der Waals surface area contributed by atoms with Crippen LogP contribution in [0.1, 0.15) is 44.1 Å². The van der Waals surface area contributed by atoms with Crippen LogP contribution in [0.25, 0.3) is 0 Å². The van der Waals surface area contributed by atoms with Crippen LogP contribution in [0.15, 0.2) is 24.3 Å². The monoisotopic (exact) mass is 412 g/mol. The van der Waals surface area contributed by atoms with Crippen molar-refractivity contribution in [2.45, 2.75) is 25.9 Å². The molecule has 2 aromatic rings. The standard InChI is InChI=1S/C18H19F3N4O2S/c1-11-15(28-24-23-11)17(27)25-7-5-12(6-8-25)10-22-16(26)13-3-2-4-14(9-13)18(19,20)21/h2-4,9,12H,5-8,10H2,1H3,(H,22,26). The van der Waals surface area contributed by atoms with Gasteiger partial charge in [-0.25, -0.2) is 0 Å². The third-order valence-corrected chi connectivity index (χ3v) is 5.57. The fraction of sp³-hybridized carbons (Fsp3) is 0.444. The van der Waals surface area contributed by atoms with E-state index in [2.05, 4.69) is 14.9 Å². The number of rotatable bonds is 4. The van der Waals surface area contributed by atoms with Gasteiger partial charge in [-0.1, -0.05) is 10.6 Å². The van der Waals surface area contributed by atoms with Gasteiger partial charge in [0.15, 0.2) is 0 Å². The molecule has 1 fully saturated rings. The average molecular weight is 412 g/mol. The summed E-state index contributed by atoms with van der Waals surface area (Å²) in [5, 5.41) is 6.55. The molecule has 3 rings (SSSR count). The quantitative estimate of drug-likeness (QED) is 0.837. The molecule has 0 saturated carbocycles. The van der Waals surface area contributed by atoms with E-state index in [9.17, 15) is 22.8 Å². The predicted octanol–water partition coefficient (Wildman–Crippen LogP) is 3.15. The average Bonchev–Trinajstić information content (AvgIpc) is 3.11. The molecule has 1 aromatic carbocycles. The van der Waals surface area contributed by atoms with E-state index in [0.29, 0.717) is 43.0 Å². The van der Waals surface area contributed by atoms with Gasteiger partial charge in [-0.2, -0.15) is 13.2 Å². The van der Waals surface area contributed by atoms with Crippen LogP contribution in [0, 0.1) is 12.8 Å². The molecule has 0 bridgehead atoms. The van der Waals surface area contributed by atoms with Crippen molar-refractivity contribution >= 4 is 23.3 Å². The number of hydrogen-bond acceptors (Lipinski definition) is 5. The molecule has 0 unspecified atom stereocenters. The molecule has 150 valence electrons. The smallest absolute Gasteiger partial charge is 0.352 e. The van der Waals surface area contributed by atoms with Crippen LogP contribution in [-0.4, -0.2) is 45.9 Å². The molecule has 1 N–H and O–H groups in total. The van der Waals surface area contributed by atoms with Crippen LogP contribution in [-0.2, 0) is 6.18 Å². The maximum Gasteiger partial charge on any atom is 0.416 e. The fourth-order valence-corrected chi connectivity index (χ4v) is 3.71. The topological polar surface area (TPSA) is 75.2 Å². The van der Waals surface area contributed by atoms with E-state index in [1.807, 2.05) is 0 Å². The lowest BCUT2D eigenvalue weighted by Crippen LogP contribution is -2.41. The summed E-state index contributed by atoms with van der Waals surface area (Å²) in [5.41, 5.74) is -0.249. The predicted molar refractivity (Wildman–Crippen MR) is 97.1 cm³/mol. The Morgan fingerprint density at radius 2 is 2.00 bits per heavy atom. The number of aryl methyl sites for hydroxylation is 1. The van der Waals surface area contributed by atoms with E-state index >= 15 is 0 Å². The molecule has 1 aliphatic rings. The first-order valence-corrected chi connectivity index (χ1v) is 9.56. The first-order valence-electron chi connectivity index (χ1n) is 8.79. The Balaban J connectivity index is 1.50. The molecule has 0 radical (unpaired) electrons. The van der Waals surface area contributed by atoms with E-state index in [-0.39, 0.29) is 17.4 Å². The van der Waals surface area contributed by atoms with Crippen LogP contribution < -0.4 is 5.32 Å². The van der Waals surface area contributed by atoms with E-state index < -0.39 is 17.6 Å². The molecular formula is C18H19F3N4O2S. The van der Waals surface area contributed by atoms with Crippen LogP contribution in [0.4, 0.5) is 13.2 Å². The second kappa shape index (κ2) is 8.26. The highest BCUT2D eigenvalue weighted by Crippen LogP contribution is 2.29. The number of aromatic nitrogens is 2. The minimum Gasteiger partial charge on any atom is -0.352 e. The number of nitrogens with zero attached hydrogens (tertiary/aromatic N) is 3. The first-order chi connectivity index (χ1) is 13.3. The molecule has 1 aromatic heterocycles. The third kappa shape index (κ3) is 4.67. The van der Waals surface area contributed by atoms with Crippen molar-refractivity contribution in [2.24, 2.45) is 5.92 Å². The Labute approximate surface area is 163 Å². The van der Waals surface area contributed by atoms with Gasteiger partial charge in [0.05, 0.1) is 11.3 Å². The largest absolute Gasteiger partial charge is 0.416 e. The maximum atomic E-state index is 12.8. The number of hydrogen-bond donors (Lipinski definition) is 1. The van der Waals surface area contributed by atoms with E-state index in [1.54, 1.807) is 11.8 Å². The Morgan fingerprint density at radius 1 is 1.29 bits per heavy atom. The van der Waals surface area contributed by atoms with Gasteiger partial charge in [0.25, 0.3) is 11.8 Å². The lowest BCUT2D eigenvalue weighted by atomic mass is 9.96. The SMILES string of the molecule is Cc1nnsc1C(=O)N1CCC(CNC(=O)c2cccc(C(F)(F)F)c2)CC1. The number of benzene rings is 1. The van der Waals surface area contributed by atoms with Crippen LogP contribution in [0.5, 0.6) is 0 Å². The normalized spacial score (nSPS) is 15.5. The van der Waals surface area contributed by atoms with Gasteiger partial charge in [0, 0.05) is 25.2 Å². The molecule has 0 aliphatic carbocycles. The Morgan fingerprint density at radius 3 is 2.61 bits per heavy atom. The molecule has 2 heterocycles. The second-order valence-corrected chi connectivity index (χ2v) is 7.47. The zero-order chi connectivity index (χ0) is 20.3. The molecule has 2 amide bonds. The van der Waals surface area contributed by atoms with Gasteiger partial charge >= 0.3 is 6.18 Å². The second-order valence-electron chi connectivity index (χ2n) is 6.71. The van der Waals surface area contributed by atoms with Crippen molar-refractivity contribution in [3.05, 3.63) is 46.0 Å². The van der Waals surface area contributed by atoms with E-state index in [1.165, 1.54) is 12.1 Å². The maximum absolute atomic E-state index is 12.8. The highest BCUT2D eigenvalue weighted by molar-refractivity contribution is 7.07. The van der Waals surface area contributed by atoms with Crippen molar-refractivity contribution in [1.82, 2.24) is 19.8 Å². The Bertz CT molecular complexity index is 861. The molecular weight excluding hydrogens is 393 g/mol. The Hall–Kier alpha value is -2.49. The molecule has 28 heavy (non-hydrogen) atoms. The number of carbonyl (C=O) groups is 2. The minimum atomic E-state index is -4.48. The summed E-state index contributed by atoms with van der Waals surface area (Å²) < 4.78 is 42.1. The molecule has 0 atom stereocenters. The van der Waals surface area contributed by atoms with Gasteiger partial charge in [-0.3, -0.25) is 9.59 Å². The summed E-state index contributed by atoms with van der Waals surface area (Å²) in [6.45, 7) is 3.21. The molecule has 1 aliphatic heterocycles. The summed E-state index contributed by atoms with van der Waals surface area (Å²) in [5.74, 6) is -0.450. The lowest BCUT2D eigenvalue weighted by Gasteiger charge is -2.31. The zero-order valence-corrected chi connectivity index (χ0v) is 15.9. The van der Waals surface area contributed by atoms with Crippen molar-refractivity contribution in [2.75, 3.05) is 19.6 Å². The van der Waals surface area contributed by atoms with Gasteiger partial charge in [0.1, 0.15) is 4.88 Å². The van der Waals surface area contributed by atoms with Gasteiger partial charge in [-0.15, -0.1) is 5.10 Å². The van der Waals surface area contributed by atoms with Crippen LogP contribution in [0.3, 0.4) is 0 Å². The third-order valence-electron chi connectivity index (χ3n) is 4.75. The van der Waals surface area contributed by atoms with E-state index in [0.717, 1.165) is 23.7 Å². The van der Waals surface area contributed by atoms with Crippen molar-refractivity contribution in [3.63, 3.8) is 0 Å². The van der Waals surface area contributed by atoms with Crippen LogP contribution in [0.2, 0.25) is 0 Å². The number of carbonyl (C=O) groups excluding carboxylic acids is 2.